The largest absolute Gasteiger partial charge is 0.426 e. The SMILES string of the molecule is C/C=C\C(=C/CC)B1CC(C)(C)C(C)(C)O1. The summed E-state index contributed by atoms with van der Waals surface area (Å²) in [6.45, 7) is 13.5. The van der Waals surface area contributed by atoms with Gasteiger partial charge in [-0.25, -0.2) is 0 Å². The number of hydrogen-bond acceptors (Lipinski definition) is 1. The molecule has 0 N–H and O–H groups in total. The van der Waals surface area contributed by atoms with E-state index < -0.39 is 0 Å². The van der Waals surface area contributed by atoms with Crippen LogP contribution in [0.2, 0.25) is 6.32 Å². The van der Waals surface area contributed by atoms with Crippen LogP contribution < -0.4 is 0 Å². The molecule has 0 aromatic heterocycles. The number of rotatable bonds is 3. The van der Waals surface area contributed by atoms with Crippen molar-refractivity contribution in [2.75, 3.05) is 0 Å². The zero-order chi connectivity index (χ0) is 12.4. The van der Waals surface area contributed by atoms with Crippen molar-refractivity contribution in [1.29, 1.82) is 0 Å². The summed E-state index contributed by atoms with van der Waals surface area (Å²) in [5.41, 5.74) is 1.54. The fourth-order valence-electron chi connectivity index (χ4n) is 2.19. The van der Waals surface area contributed by atoms with Crippen molar-refractivity contribution in [3.8, 4) is 0 Å². The van der Waals surface area contributed by atoms with Crippen molar-refractivity contribution in [3.63, 3.8) is 0 Å². The quantitative estimate of drug-likeness (QED) is 0.510. The van der Waals surface area contributed by atoms with Crippen LogP contribution in [0.15, 0.2) is 23.7 Å². The molecule has 1 saturated heterocycles. The van der Waals surface area contributed by atoms with Gasteiger partial charge in [0.1, 0.15) is 0 Å². The van der Waals surface area contributed by atoms with E-state index in [1.54, 1.807) is 0 Å². The maximum absolute atomic E-state index is 6.21. The first-order chi connectivity index (χ1) is 7.34. The highest BCUT2D eigenvalue weighted by Crippen LogP contribution is 2.46. The smallest absolute Gasteiger partial charge is 0.327 e. The van der Waals surface area contributed by atoms with E-state index in [9.17, 15) is 0 Å². The molecule has 1 aliphatic rings. The summed E-state index contributed by atoms with van der Waals surface area (Å²) in [7, 11) is 0. The van der Waals surface area contributed by atoms with Crippen molar-refractivity contribution >= 4 is 6.92 Å². The summed E-state index contributed by atoms with van der Waals surface area (Å²) in [5.74, 6) is 0. The van der Waals surface area contributed by atoms with Gasteiger partial charge in [-0.2, -0.15) is 0 Å². The second-order valence-corrected chi connectivity index (χ2v) is 5.82. The van der Waals surface area contributed by atoms with Crippen molar-refractivity contribution in [2.45, 2.75) is 59.9 Å². The zero-order valence-corrected chi connectivity index (χ0v) is 11.6. The van der Waals surface area contributed by atoms with Crippen molar-refractivity contribution in [1.82, 2.24) is 0 Å². The Labute approximate surface area is 101 Å². The predicted octanol–water partition coefficient (Wildman–Crippen LogP) is 4.26. The molecule has 1 aliphatic heterocycles. The molecule has 0 aromatic carbocycles. The molecule has 16 heavy (non-hydrogen) atoms. The van der Waals surface area contributed by atoms with Crippen LogP contribution in [0.1, 0.15) is 48.0 Å². The molecule has 0 aliphatic carbocycles. The van der Waals surface area contributed by atoms with Crippen molar-refractivity contribution < 1.29 is 4.65 Å². The summed E-state index contributed by atoms with van der Waals surface area (Å²) in [6, 6.07) is 0. The van der Waals surface area contributed by atoms with Crippen LogP contribution in [0.5, 0.6) is 0 Å². The highest BCUT2D eigenvalue weighted by atomic mass is 16.5. The van der Waals surface area contributed by atoms with E-state index >= 15 is 0 Å². The lowest BCUT2D eigenvalue weighted by molar-refractivity contribution is 0.0371. The first-order valence-corrected chi connectivity index (χ1v) is 6.34. The van der Waals surface area contributed by atoms with E-state index in [4.69, 9.17) is 4.65 Å². The average molecular weight is 220 g/mol. The Morgan fingerprint density at radius 3 is 2.31 bits per heavy atom. The first-order valence-electron chi connectivity index (χ1n) is 6.34. The standard InChI is InChI=1S/C14H25BO/c1-7-9-12(10-8-2)15-11-13(3,4)14(5,6)16-15/h7,9-10H,8,11H2,1-6H3/b9-7-,12-10+. The van der Waals surface area contributed by atoms with Gasteiger partial charge < -0.3 is 4.65 Å². The second-order valence-electron chi connectivity index (χ2n) is 5.82. The molecule has 2 heteroatoms. The third-order valence-corrected chi connectivity index (χ3v) is 3.93. The Balaban J connectivity index is 2.89. The fourth-order valence-corrected chi connectivity index (χ4v) is 2.19. The monoisotopic (exact) mass is 220 g/mol. The number of allylic oxidation sites excluding steroid dienone is 4. The maximum Gasteiger partial charge on any atom is 0.327 e. The van der Waals surface area contributed by atoms with E-state index in [2.05, 4.69) is 59.8 Å². The van der Waals surface area contributed by atoms with Crippen LogP contribution in [0.25, 0.3) is 0 Å². The Morgan fingerprint density at radius 1 is 1.31 bits per heavy atom. The third kappa shape index (κ3) is 2.60. The van der Waals surface area contributed by atoms with Crippen LogP contribution in [-0.2, 0) is 4.65 Å². The number of hydrogen-bond donors (Lipinski definition) is 0. The van der Waals surface area contributed by atoms with E-state index in [1.807, 2.05) is 0 Å². The molecule has 0 aromatic rings. The highest BCUT2D eigenvalue weighted by molar-refractivity contribution is 6.62. The van der Waals surface area contributed by atoms with Crippen LogP contribution in [-0.4, -0.2) is 12.5 Å². The summed E-state index contributed by atoms with van der Waals surface area (Å²) in [4.78, 5) is 0. The maximum atomic E-state index is 6.21. The van der Waals surface area contributed by atoms with Gasteiger partial charge >= 0.3 is 6.92 Å². The first kappa shape index (κ1) is 13.6. The van der Waals surface area contributed by atoms with Gasteiger partial charge in [0.25, 0.3) is 0 Å². The third-order valence-electron chi connectivity index (χ3n) is 3.93. The predicted molar refractivity (Wildman–Crippen MR) is 72.7 cm³/mol. The Morgan fingerprint density at radius 2 is 1.94 bits per heavy atom. The zero-order valence-electron chi connectivity index (χ0n) is 11.6. The van der Waals surface area contributed by atoms with Crippen molar-refractivity contribution in [3.05, 3.63) is 23.7 Å². The van der Waals surface area contributed by atoms with Gasteiger partial charge in [0.2, 0.25) is 0 Å². The minimum Gasteiger partial charge on any atom is -0.426 e. The molecule has 0 saturated carbocycles. The topological polar surface area (TPSA) is 9.23 Å². The molecular formula is C14H25BO. The molecule has 1 heterocycles. The van der Waals surface area contributed by atoms with Gasteiger partial charge in [-0.15, -0.1) is 0 Å². The lowest BCUT2D eigenvalue weighted by Gasteiger charge is -2.34. The molecule has 0 amide bonds. The van der Waals surface area contributed by atoms with Crippen LogP contribution >= 0.6 is 0 Å². The molecule has 1 rings (SSSR count). The highest BCUT2D eigenvalue weighted by Gasteiger charge is 2.49. The molecule has 0 unspecified atom stereocenters. The summed E-state index contributed by atoms with van der Waals surface area (Å²) in [5, 5.41) is 0. The molecule has 90 valence electrons. The Hall–Kier alpha value is -0.495. The molecule has 0 atom stereocenters. The fraction of sp³-hybridized carbons (Fsp3) is 0.714. The molecular weight excluding hydrogens is 195 g/mol. The van der Waals surface area contributed by atoms with Gasteiger partial charge in [-0.05, 0) is 38.9 Å². The normalized spacial score (nSPS) is 24.4. The average Bonchev–Trinajstić information content (AvgIpc) is 2.36. The van der Waals surface area contributed by atoms with E-state index in [0.717, 1.165) is 12.7 Å². The minimum absolute atomic E-state index is 0.0356. The molecule has 0 radical (unpaired) electrons. The molecule has 0 spiro atoms. The van der Waals surface area contributed by atoms with E-state index in [-0.39, 0.29) is 17.9 Å². The lowest BCUT2D eigenvalue weighted by Crippen LogP contribution is -2.34. The van der Waals surface area contributed by atoms with Crippen LogP contribution in [0, 0.1) is 5.41 Å². The molecule has 1 fully saturated rings. The summed E-state index contributed by atoms with van der Waals surface area (Å²) >= 11 is 0. The van der Waals surface area contributed by atoms with E-state index in [0.29, 0.717) is 0 Å². The Bertz CT molecular complexity index is 284. The lowest BCUT2D eigenvalue weighted by atomic mass is 9.53. The van der Waals surface area contributed by atoms with Gasteiger partial charge in [-0.3, -0.25) is 0 Å². The summed E-state index contributed by atoms with van der Waals surface area (Å²) in [6.07, 6.45) is 8.74. The van der Waals surface area contributed by atoms with Gasteiger partial charge in [0.05, 0.1) is 5.60 Å². The molecule has 0 bridgehead atoms. The summed E-state index contributed by atoms with van der Waals surface area (Å²) < 4.78 is 6.21. The van der Waals surface area contributed by atoms with E-state index in [1.165, 1.54) is 5.47 Å². The van der Waals surface area contributed by atoms with Gasteiger partial charge in [-0.1, -0.05) is 44.5 Å². The van der Waals surface area contributed by atoms with Crippen LogP contribution in [0.4, 0.5) is 0 Å². The Kier molecular flexibility index (Phi) is 4.06. The second kappa shape index (κ2) is 4.79. The molecule has 1 nitrogen and oxygen atoms in total. The van der Waals surface area contributed by atoms with Gasteiger partial charge in [0, 0.05) is 0 Å². The van der Waals surface area contributed by atoms with Gasteiger partial charge in [0.15, 0.2) is 0 Å². The van der Waals surface area contributed by atoms with Crippen LogP contribution in [0.3, 0.4) is 0 Å². The van der Waals surface area contributed by atoms with Crippen molar-refractivity contribution in [2.24, 2.45) is 5.41 Å². The minimum atomic E-state index is -0.0356.